The van der Waals surface area contributed by atoms with Crippen molar-refractivity contribution < 1.29 is 9.73 Å². The average molecular weight is 306 g/mol. The molecule has 0 aliphatic carbocycles. The minimum atomic E-state index is -0.703. The molecule has 0 fully saturated rings. The molecule has 1 aromatic carbocycles. The Morgan fingerprint density at radius 3 is 2.95 bits per heavy atom. The van der Waals surface area contributed by atoms with Crippen LogP contribution in [-0.2, 0) is 0 Å². The molecule has 0 radical (unpaired) electrons. The number of nitrogens with zero attached hydrogens (tertiary/aromatic N) is 3. The lowest BCUT2D eigenvalue weighted by Gasteiger charge is -2.07. The van der Waals surface area contributed by atoms with E-state index in [9.17, 15) is 4.79 Å². The first-order chi connectivity index (χ1) is 10.1. The van der Waals surface area contributed by atoms with E-state index < -0.39 is 5.76 Å². The van der Waals surface area contributed by atoms with Crippen molar-refractivity contribution in [2.45, 2.75) is 13.8 Å². The lowest BCUT2D eigenvalue weighted by atomic mass is 10.2. The number of aryl methyl sites for hydroxylation is 1. The highest BCUT2D eigenvalue weighted by Gasteiger charge is 2.22. The zero-order chi connectivity index (χ0) is 15.4. The zero-order valence-electron chi connectivity index (χ0n) is 11.5. The predicted molar refractivity (Wildman–Crippen MR) is 81.0 cm³/mol. The van der Waals surface area contributed by atoms with Gasteiger partial charge in [-0.2, -0.15) is 0 Å². The number of nitrogens with one attached hydrogen (secondary N) is 1. The van der Waals surface area contributed by atoms with E-state index in [2.05, 4.69) is 14.8 Å². The summed E-state index contributed by atoms with van der Waals surface area (Å²) in [5.74, 6) is -0.0743. The highest BCUT2D eigenvalue weighted by Crippen LogP contribution is 2.14. The van der Waals surface area contributed by atoms with Crippen molar-refractivity contribution in [2.75, 3.05) is 5.75 Å². The van der Waals surface area contributed by atoms with Crippen LogP contribution in [-0.4, -0.2) is 31.4 Å². The van der Waals surface area contributed by atoms with Crippen molar-refractivity contribution in [1.82, 2.24) is 9.72 Å². The molecule has 2 aromatic rings. The van der Waals surface area contributed by atoms with E-state index in [1.165, 1.54) is 16.3 Å². The molecule has 8 heteroatoms. The first kappa shape index (κ1) is 15.0. The molecule has 110 valence electrons. The molecule has 2 N–H and O–H groups in total. The van der Waals surface area contributed by atoms with Crippen LogP contribution in [0.3, 0.4) is 0 Å². The molecule has 21 heavy (non-hydrogen) atoms. The third-order valence-electron chi connectivity index (χ3n) is 2.68. The predicted octanol–water partition coefficient (Wildman–Crippen LogP) is 2.04. The van der Waals surface area contributed by atoms with Gasteiger partial charge in [0, 0.05) is 0 Å². The molecule has 0 atom stereocenters. The number of oxime groups is 1. The number of aromatic nitrogens is 2. The molecule has 2 rings (SSSR count). The molecule has 1 aromatic heterocycles. The Labute approximate surface area is 124 Å². The average Bonchev–Trinajstić information content (AvgIpc) is 2.82. The van der Waals surface area contributed by atoms with Crippen molar-refractivity contribution in [3.8, 4) is 5.69 Å². The van der Waals surface area contributed by atoms with Gasteiger partial charge in [0.05, 0.1) is 5.69 Å². The lowest BCUT2D eigenvalue weighted by molar-refractivity contribution is 0.319. The Balaban J connectivity index is 2.57. The highest BCUT2D eigenvalue weighted by molar-refractivity contribution is 8.15. The quantitative estimate of drug-likeness (QED) is 0.389. The van der Waals surface area contributed by atoms with E-state index in [0.29, 0.717) is 11.4 Å². The van der Waals surface area contributed by atoms with Gasteiger partial charge in [0.2, 0.25) is 5.82 Å². The Morgan fingerprint density at radius 2 is 2.33 bits per heavy atom. The number of hydrogen-bond donors (Lipinski definition) is 2. The van der Waals surface area contributed by atoms with Crippen LogP contribution in [0.4, 0.5) is 0 Å². The van der Waals surface area contributed by atoms with Crippen LogP contribution in [0.5, 0.6) is 0 Å². The fraction of sp³-hybridized carbons (Fsp3) is 0.231. The molecule has 0 bridgehead atoms. The van der Waals surface area contributed by atoms with Gasteiger partial charge in [0.1, 0.15) is 5.04 Å². The summed E-state index contributed by atoms with van der Waals surface area (Å²) >= 11 is 1.17. The van der Waals surface area contributed by atoms with Crippen molar-refractivity contribution in [2.24, 2.45) is 5.16 Å². The molecule has 0 saturated heterocycles. The van der Waals surface area contributed by atoms with E-state index in [0.717, 1.165) is 5.56 Å². The fourth-order valence-electron chi connectivity index (χ4n) is 1.80. The SMILES string of the molecule is CCSC(=N)/C(=N\O)c1noc(=O)n1-c1cccc(C)c1. The maximum absolute atomic E-state index is 11.9. The van der Waals surface area contributed by atoms with E-state index in [4.69, 9.17) is 10.6 Å². The van der Waals surface area contributed by atoms with Crippen LogP contribution in [0.2, 0.25) is 0 Å². The smallest absolute Gasteiger partial charge is 0.410 e. The summed E-state index contributed by atoms with van der Waals surface area (Å²) in [6, 6.07) is 7.15. The normalized spacial score (nSPS) is 11.6. The van der Waals surface area contributed by atoms with Gasteiger partial charge in [0.15, 0.2) is 5.71 Å². The molecule has 7 nitrogen and oxygen atoms in total. The molecule has 0 unspecified atom stereocenters. The van der Waals surface area contributed by atoms with Gasteiger partial charge in [-0.1, -0.05) is 29.4 Å². The first-order valence-corrected chi connectivity index (χ1v) is 7.17. The monoisotopic (exact) mass is 306 g/mol. The van der Waals surface area contributed by atoms with E-state index >= 15 is 0 Å². The van der Waals surface area contributed by atoms with Crippen molar-refractivity contribution in [1.29, 1.82) is 5.41 Å². The number of thioether (sulfide) groups is 1. The Bertz CT molecular complexity index is 748. The van der Waals surface area contributed by atoms with E-state index in [1.54, 1.807) is 18.2 Å². The Hall–Kier alpha value is -2.35. The van der Waals surface area contributed by atoms with Crippen LogP contribution in [0.15, 0.2) is 38.7 Å². The van der Waals surface area contributed by atoms with Crippen LogP contribution in [0, 0.1) is 12.3 Å². The summed E-state index contributed by atoms with van der Waals surface area (Å²) in [7, 11) is 0. The third-order valence-corrected chi connectivity index (χ3v) is 3.45. The summed E-state index contributed by atoms with van der Waals surface area (Å²) in [5.41, 5.74) is 1.38. The van der Waals surface area contributed by atoms with Gasteiger partial charge in [0.25, 0.3) is 0 Å². The maximum Gasteiger partial charge on any atom is 0.446 e. The summed E-state index contributed by atoms with van der Waals surface area (Å²) in [4.78, 5) is 11.9. The molecular formula is C13H14N4O3S. The second-order valence-electron chi connectivity index (χ2n) is 4.16. The molecule has 0 aliphatic heterocycles. The van der Waals surface area contributed by atoms with Crippen LogP contribution in [0.1, 0.15) is 18.3 Å². The molecule has 0 spiro atoms. The van der Waals surface area contributed by atoms with Gasteiger partial charge in [-0.25, -0.2) is 9.36 Å². The van der Waals surface area contributed by atoms with Gasteiger partial charge in [-0.05, 0) is 30.4 Å². The number of benzene rings is 1. The second-order valence-corrected chi connectivity index (χ2v) is 5.43. The van der Waals surface area contributed by atoms with Crippen molar-refractivity contribution in [3.05, 3.63) is 46.2 Å². The Morgan fingerprint density at radius 1 is 1.57 bits per heavy atom. The lowest BCUT2D eigenvalue weighted by Crippen LogP contribution is -2.22. The molecule has 0 aliphatic rings. The van der Waals surface area contributed by atoms with Crippen LogP contribution in [0.25, 0.3) is 5.69 Å². The number of hydrogen-bond acceptors (Lipinski definition) is 7. The van der Waals surface area contributed by atoms with Crippen molar-refractivity contribution >= 4 is 22.5 Å². The topological polar surface area (TPSA) is 104 Å². The molecule has 1 heterocycles. The minimum absolute atomic E-state index is 0.000880. The maximum atomic E-state index is 11.9. The molecule has 0 amide bonds. The summed E-state index contributed by atoms with van der Waals surface area (Å²) < 4.78 is 5.83. The molecular weight excluding hydrogens is 292 g/mol. The van der Waals surface area contributed by atoms with Crippen LogP contribution >= 0.6 is 11.8 Å². The van der Waals surface area contributed by atoms with Gasteiger partial charge >= 0.3 is 5.76 Å². The van der Waals surface area contributed by atoms with Crippen LogP contribution < -0.4 is 5.76 Å². The summed E-state index contributed by atoms with van der Waals surface area (Å²) in [6.07, 6.45) is 0. The van der Waals surface area contributed by atoms with Crippen molar-refractivity contribution in [3.63, 3.8) is 0 Å². The van der Waals surface area contributed by atoms with Gasteiger partial charge < -0.3 is 5.21 Å². The zero-order valence-corrected chi connectivity index (χ0v) is 12.3. The minimum Gasteiger partial charge on any atom is -0.410 e. The van der Waals surface area contributed by atoms with E-state index in [-0.39, 0.29) is 16.6 Å². The highest BCUT2D eigenvalue weighted by atomic mass is 32.2. The second kappa shape index (κ2) is 6.40. The summed E-state index contributed by atoms with van der Waals surface area (Å²) in [6.45, 7) is 3.75. The Kier molecular flexibility index (Phi) is 4.59. The standard InChI is InChI=1S/C13H14N4O3S/c1-3-21-11(14)10(15-19)12-16-20-13(18)17(12)9-6-4-5-8(2)7-9/h4-7,14,19H,3H2,1-2H3/b14-11?,15-10+. The van der Waals surface area contributed by atoms with Gasteiger partial charge in [-0.3, -0.25) is 9.93 Å². The first-order valence-electron chi connectivity index (χ1n) is 6.18. The van der Waals surface area contributed by atoms with Gasteiger partial charge in [-0.15, -0.1) is 11.8 Å². The fourth-order valence-corrected chi connectivity index (χ4v) is 2.36. The summed E-state index contributed by atoms with van der Waals surface area (Å²) in [5, 5.41) is 23.7. The third kappa shape index (κ3) is 3.05. The largest absolute Gasteiger partial charge is 0.446 e. The molecule has 0 saturated carbocycles. The number of rotatable bonds is 4. The van der Waals surface area contributed by atoms with E-state index in [1.807, 2.05) is 19.9 Å².